The van der Waals surface area contributed by atoms with Crippen LogP contribution in [0.5, 0.6) is 0 Å². The van der Waals surface area contributed by atoms with Gasteiger partial charge in [-0.25, -0.2) is 4.39 Å². The van der Waals surface area contributed by atoms with E-state index < -0.39 is 0 Å². The lowest BCUT2D eigenvalue weighted by molar-refractivity contribution is 0.0946. The fourth-order valence-corrected chi connectivity index (χ4v) is 3.06. The van der Waals surface area contributed by atoms with Gasteiger partial charge in [0.15, 0.2) is 11.5 Å². The molecule has 2 aromatic rings. The Hall–Kier alpha value is -2.70. The molecular formula is C20H26FN5O. The first kappa shape index (κ1) is 19.1. The number of para-hydroxylation sites is 1. The van der Waals surface area contributed by atoms with Gasteiger partial charge in [-0.3, -0.25) is 4.79 Å². The molecule has 0 aliphatic carbocycles. The van der Waals surface area contributed by atoms with Crippen LogP contribution in [-0.4, -0.2) is 48.8 Å². The van der Waals surface area contributed by atoms with E-state index in [2.05, 4.69) is 34.3 Å². The third-order valence-corrected chi connectivity index (χ3v) is 4.69. The van der Waals surface area contributed by atoms with Crippen molar-refractivity contribution in [2.24, 2.45) is 5.92 Å². The van der Waals surface area contributed by atoms with Gasteiger partial charge in [-0.05, 0) is 36.6 Å². The molecule has 27 heavy (non-hydrogen) atoms. The van der Waals surface area contributed by atoms with Gasteiger partial charge in [0.25, 0.3) is 5.91 Å². The molecule has 7 heteroatoms. The van der Waals surface area contributed by atoms with Crippen LogP contribution in [0.15, 0.2) is 36.4 Å². The van der Waals surface area contributed by atoms with E-state index in [0.29, 0.717) is 36.9 Å². The van der Waals surface area contributed by atoms with Gasteiger partial charge in [0.05, 0.1) is 5.69 Å². The van der Waals surface area contributed by atoms with Crippen LogP contribution in [0.4, 0.5) is 15.9 Å². The number of halogens is 1. The molecule has 0 radical (unpaired) electrons. The van der Waals surface area contributed by atoms with Gasteiger partial charge in [0, 0.05) is 32.7 Å². The number of hydrogen-bond donors (Lipinski definition) is 1. The number of amides is 1. The van der Waals surface area contributed by atoms with E-state index in [1.54, 1.807) is 18.2 Å². The van der Waals surface area contributed by atoms with Crippen molar-refractivity contribution in [2.75, 3.05) is 42.5 Å². The molecule has 1 fully saturated rings. The zero-order valence-electron chi connectivity index (χ0n) is 15.9. The molecular weight excluding hydrogens is 345 g/mol. The summed E-state index contributed by atoms with van der Waals surface area (Å²) in [6.07, 6.45) is 0.934. The Balaban J connectivity index is 1.54. The summed E-state index contributed by atoms with van der Waals surface area (Å²) in [5.74, 6) is 0.890. The zero-order valence-corrected chi connectivity index (χ0v) is 15.9. The van der Waals surface area contributed by atoms with E-state index in [1.807, 2.05) is 17.0 Å². The van der Waals surface area contributed by atoms with E-state index >= 15 is 0 Å². The van der Waals surface area contributed by atoms with Gasteiger partial charge < -0.3 is 15.1 Å². The van der Waals surface area contributed by atoms with Crippen LogP contribution in [-0.2, 0) is 0 Å². The maximum Gasteiger partial charge on any atom is 0.271 e. The topological polar surface area (TPSA) is 61.4 Å². The highest BCUT2D eigenvalue weighted by atomic mass is 19.1. The van der Waals surface area contributed by atoms with Crippen molar-refractivity contribution < 1.29 is 9.18 Å². The van der Waals surface area contributed by atoms with Crippen LogP contribution in [0.2, 0.25) is 0 Å². The molecule has 6 nitrogen and oxygen atoms in total. The second-order valence-electron chi connectivity index (χ2n) is 7.14. The van der Waals surface area contributed by atoms with Crippen LogP contribution in [0.3, 0.4) is 0 Å². The van der Waals surface area contributed by atoms with Gasteiger partial charge in [0.2, 0.25) is 0 Å². The quantitative estimate of drug-likeness (QED) is 0.846. The number of rotatable bonds is 6. The summed E-state index contributed by atoms with van der Waals surface area (Å²) in [5.41, 5.74) is 0.962. The Morgan fingerprint density at radius 3 is 2.41 bits per heavy atom. The number of piperazine rings is 1. The SMILES string of the molecule is CC(C)CCNC(=O)c1ccc(N2CCN(c3ccccc3F)CC2)nn1. The predicted octanol–water partition coefficient (Wildman–Crippen LogP) is 2.72. The lowest BCUT2D eigenvalue weighted by atomic mass is 10.1. The van der Waals surface area contributed by atoms with Crippen molar-refractivity contribution in [3.8, 4) is 0 Å². The molecule has 0 saturated carbocycles. The van der Waals surface area contributed by atoms with E-state index in [-0.39, 0.29) is 11.7 Å². The monoisotopic (exact) mass is 371 g/mol. The second kappa shape index (κ2) is 8.79. The van der Waals surface area contributed by atoms with Crippen LogP contribution in [0.1, 0.15) is 30.8 Å². The molecule has 2 heterocycles. The number of hydrogen-bond acceptors (Lipinski definition) is 5. The van der Waals surface area contributed by atoms with Crippen molar-refractivity contribution >= 4 is 17.4 Å². The average Bonchev–Trinajstić information content (AvgIpc) is 2.68. The summed E-state index contributed by atoms with van der Waals surface area (Å²) >= 11 is 0. The molecule has 0 bridgehead atoms. The third kappa shape index (κ3) is 4.93. The van der Waals surface area contributed by atoms with E-state index in [9.17, 15) is 9.18 Å². The first-order chi connectivity index (χ1) is 13.0. The Morgan fingerprint density at radius 2 is 1.78 bits per heavy atom. The van der Waals surface area contributed by atoms with Gasteiger partial charge in [0.1, 0.15) is 5.82 Å². The van der Waals surface area contributed by atoms with Gasteiger partial charge in [-0.1, -0.05) is 26.0 Å². The molecule has 0 atom stereocenters. The van der Waals surface area contributed by atoms with Crippen LogP contribution < -0.4 is 15.1 Å². The van der Waals surface area contributed by atoms with Crippen LogP contribution in [0, 0.1) is 11.7 Å². The molecule has 1 N–H and O–H groups in total. The average molecular weight is 371 g/mol. The van der Waals surface area contributed by atoms with Gasteiger partial charge in [-0.2, -0.15) is 0 Å². The number of anilines is 2. The van der Waals surface area contributed by atoms with Crippen LogP contribution in [0.25, 0.3) is 0 Å². The standard InChI is InChI=1S/C20H26FN5O/c1-15(2)9-10-22-20(27)17-7-8-19(24-23-17)26-13-11-25(12-14-26)18-6-4-3-5-16(18)21/h3-8,15H,9-14H2,1-2H3,(H,22,27). The Kier molecular flexibility index (Phi) is 6.21. The number of nitrogens with one attached hydrogen (secondary N) is 1. The maximum atomic E-state index is 13.9. The summed E-state index contributed by atoms with van der Waals surface area (Å²) in [5, 5.41) is 11.1. The number of carbonyl (C=O) groups is 1. The maximum absolute atomic E-state index is 13.9. The molecule has 1 aliphatic heterocycles. The van der Waals surface area contributed by atoms with Gasteiger partial charge in [-0.15, -0.1) is 10.2 Å². The molecule has 1 amide bonds. The summed E-state index contributed by atoms with van der Waals surface area (Å²) < 4.78 is 13.9. The lowest BCUT2D eigenvalue weighted by Crippen LogP contribution is -2.47. The Bertz CT molecular complexity index is 757. The minimum absolute atomic E-state index is 0.195. The van der Waals surface area contributed by atoms with Crippen molar-refractivity contribution in [3.63, 3.8) is 0 Å². The van der Waals surface area contributed by atoms with Crippen molar-refractivity contribution in [2.45, 2.75) is 20.3 Å². The first-order valence-electron chi connectivity index (χ1n) is 9.41. The van der Waals surface area contributed by atoms with Crippen molar-refractivity contribution in [1.82, 2.24) is 15.5 Å². The van der Waals surface area contributed by atoms with Gasteiger partial charge >= 0.3 is 0 Å². The Morgan fingerprint density at radius 1 is 1.07 bits per heavy atom. The van der Waals surface area contributed by atoms with E-state index in [0.717, 1.165) is 25.3 Å². The van der Waals surface area contributed by atoms with E-state index in [4.69, 9.17) is 0 Å². The molecule has 1 aromatic carbocycles. The van der Waals surface area contributed by atoms with Crippen molar-refractivity contribution in [3.05, 3.63) is 47.9 Å². The summed E-state index contributed by atoms with van der Waals surface area (Å²) in [4.78, 5) is 16.2. The normalized spacial score (nSPS) is 14.5. The second-order valence-corrected chi connectivity index (χ2v) is 7.14. The molecule has 0 unspecified atom stereocenters. The molecule has 3 rings (SSSR count). The van der Waals surface area contributed by atoms with Crippen molar-refractivity contribution in [1.29, 1.82) is 0 Å². The highest BCUT2D eigenvalue weighted by Gasteiger charge is 2.20. The first-order valence-corrected chi connectivity index (χ1v) is 9.41. The highest BCUT2D eigenvalue weighted by Crippen LogP contribution is 2.21. The number of benzene rings is 1. The van der Waals surface area contributed by atoms with Crippen LogP contribution >= 0.6 is 0 Å². The largest absolute Gasteiger partial charge is 0.366 e. The number of aromatic nitrogens is 2. The third-order valence-electron chi connectivity index (χ3n) is 4.69. The summed E-state index contributed by atoms with van der Waals surface area (Å²) in [6, 6.07) is 10.4. The minimum atomic E-state index is -0.196. The molecule has 144 valence electrons. The summed E-state index contributed by atoms with van der Waals surface area (Å²) in [7, 11) is 0. The fourth-order valence-electron chi connectivity index (χ4n) is 3.06. The summed E-state index contributed by atoms with van der Waals surface area (Å²) in [6.45, 7) is 7.74. The molecule has 1 aliphatic rings. The fraction of sp³-hybridized carbons (Fsp3) is 0.450. The predicted molar refractivity (Wildman–Crippen MR) is 105 cm³/mol. The number of nitrogens with zero attached hydrogens (tertiary/aromatic N) is 4. The lowest BCUT2D eigenvalue weighted by Gasteiger charge is -2.36. The smallest absolute Gasteiger partial charge is 0.271 e. The highest BCUT2D eigenvalue weighted by molar-refractivity contribution is 5.92. The van der Waals surface area contributed by atoms with E-state index in [1.165, 1.54) is 6.07 Å². The zero-order chi connectivity index (χ0) is 19.2. The number of carbonyl (C=O) groups excluding carboxylic acids is 1. The molecule has 0 spiro atoms. The molecule has 1 aromatic heterocycles. The molecule has 1 saturated heterocycles. The minimum Gasteiger partial charge on any atom is -0.366 e. The Labute approximate surface area is 159 Å².